The number of ether oxygens (including phenoxy) is 2. The normalized spacial score (nSPS) is 11.1. The van der Waals surface area contributed by atoms with E-state index in [-0.39, 0.29) is 6.42 Å². The molecular formula is C16H18N2O4S. The van der Waals surface area contributed by atoms with Crippen molar-refractivity contribution in [2.24, 2.45) is 5.92 Å². The second kappa shape index (κ2) is 8.28. The summed E-state index contributed by atoms with van der Waals surface area (Å²) in [6.45, 7) is 0. The van der Waals surface area contributed by atoms with Crippen LogP contribution >= 0.6 is 11.3 Å². The average Bonchev–Trinajstić information content (AvgIpc) is 3.24. The lowest BCUT2D eigenvalue weighted by Crippen LogP contribution is -2.25. The van der Waals surface area contributed by atoms with Crippen molar-refractivity contribution in [1.29, 1.82) is 0 Å². The zero-order valence-corrected chi connectivity index (χ0v) is 13.8. The molecule has 2 aromatic heterocycles. The van der Waals surface area contributed by atoms with Crippen LogP contribution in [0, 0.1) is 5.92 Å². The molecule has 0 radical (unpaired) electrons. The van der Waals surface area contributed by atoms with Crippen LogP contribution in [-0.2, 0) is 25.5 Å². The Morgan fingerprint density at radius 2 is 2.04 bits per heavy atom. The topological polar surface area (TPSA) is 70.4 Å². The first-order chi connectivity index (χ1) is 11.2. The quantitative estimate of drug-likeness (QED) is 0.442. The number of carbonyl (C=O) groups is 2. The fraction of sp³-hybridized carbons (Fsp3) is 0.312. The summed E-state index contributed by atoms with van der Waals surface area (Å²) in [5.74, 6) is -2.10. The van der Waals surface area contributed by atoms with Crippen LogP contribution in [0.4, 0.5) is 0 Å². The molecule has 0 N–H and O–H groups in total. The molecule has 0 saturated heterocycles. The lowest BCUT2D eigenvalue weighted by molar-refractivity contribution is -0.158. The molecule has 0 atom stereocenters. The van der Waals surface area contributed by atoms with E-state index in [2.05, 4.69) is 14.6 Å². The van der Waals surface area contributed by atoms with Crippen molar-refractivity contribution < 1.29 is 19.1 Å². The van der Waals surface area contributed by atoms with Crippen LogP contribution in [0.1, 0.15) is 12.0 Å². The van der Waals surface area contributed by atoms with Crippen LogP contribution in [0.25, 0.3) is 5.00 Å². The molecule has 0 unspecified atom stereocenters. The lowest BCUT2D eigenvalue weighted by Gasteiger charge is -2.09. The zero-order valence-electron chi connectivity index (χ0n) is 13.0. The predicted molar refractivity (Wildman–Crippen MR) is 86.4 cm³/mol. The Hall–Kier alpha value is -2.41. The van der Waals surface area contributed by atoms with E-state index in [4.69, 9.17) is 0 Å². The molecule has 23 heavy (non-hydrogen) atoms. The monoisotopic (exact) mass is 334 g/mol. The van der Waals surface area contributed by atoms with Gasteiger partial charge in [-0.1, -0.05) is 12.2 Å². The van der Waals surface area contributed by atoms with Gasteiger partial charge < -0.3 is 9.47 Å². The number of nitrogens with zero attached hydrogens (tertiary/aromatic N) is 2. The van der Waals surface area contributed by atoms with Gasteiger partial charge in [0.1, 0.15) is 5.00 Å². The smallest absolute Gasteiger partial charge is 0.320 e. The van der Waals surface area contributed by atoms with Crippen LogP contribution < -0.4 is 0 Å². The van der Waals surface area contributed by atoms with E-state index in [0.29, 0.717) is 6.42 Å². The Bertz CT molecular complexity index is 660. The third-order valence-corrected chi connectivity index (χ3v) is 4.23. The molecule has 7 heteroatoms. The highest BCUT2D eigenvalue weighted by atomic mass is 32.1. The lowest BCUT2D eigenvalue weighted by atomic mass is 10.1. The summed E-state index contributed by atoms with van der Waals surface area (Å²) in [5, 5.41) is 7.28. The molecule has 2 rings (SSSR count). The highest BCUT2D eigenvalue weighted by Crippen LogP contribution is 2.22. The molecule has 0 aliphatic rings. The van der Waals surface area contributed by atoms with Gasteiger partial charge in [0.2, 0.25) is 0 Å². The van der Waals surface area contributed by atoms with Crippen molar-refractivity contribution in [3.05, 3.63) is 47.6 Å². The van der Waals surface area contributed by atoms with Gasteiger partial charge in [0.25, 0.3) is 0 Å². The molecule has 0 spiro atoms. The maximum Gasteiger partial charge on any atom is 0.320 e. The summed E-state index contributed by atoms with van der Waals surface area (Å²) in [6.07, 6.45) is 8.28. The second-order valence-electron chi connectivity index (χ2n) is 4.71. The van der Waals surface area contributed by atoms with Crippen molar-refractivity contribution in [1.82, 2.24) is 9.78 Å². The molecule has 122 valence electrons. The van der Waals surface area contributed by atoms with Crippen molar-refractivity contribution in [2.45, 2.75) is 12.8 Å². The van der Waals surface area contributed by atoms with Gasteiger partial charge in [-0.15, -0.1) is 11.3 Å². The van der Waals surface area contributed by atoms with Gasteiger partial charge in [0.05, 0.1) is 14.2 Å². The number of hydrogen-bond donors (Lipinski definition) is 0. The van der Waals surface area contributed by atoms with Gasteiger partial charge in [0, 0.05) is 12.4 Å². The van der Waals surface area contributed by atoms with E-state index in [9.17, 15) is 9.59 Å². The van der Waals surface area contributed by atoms with E-state index < -0.39 is 17.9 Å². The molecule has 0 aliphatic heterocycles. The van der Waals surface area contributed by atoms with Gasteiger partial charge in [-0.05, 0) is 35.9 Å². The maximum absolute atomic E-state index is 11.6. The van der Waals surface area contributed by atoms with Gasteiger partial charge in [-0.2, -0.15) is 5.10 Å². The SMILES string of the molecule is COC(=O)C(C/C=C\Cc1ccsc1-n1cccn1)C(=O)OC. The van der Waals surface area contributed by atoms with E-state index in [0.717, 1.165) is 10.6 Å². The molecule has 2 heterocycles. The first-order valence-electron chi connectivity index (χ1n) is 7.04. The Labute approximate surface area is 138 Å². The molecular weight excluding hydrogens is 316 g/mol. The molecule has 0 fully saturated rings. The number of methoxy groups -OCH3 is 2. The average molecular weight is 334 g/mol. The highest BCUT2D eigenvalue weighted by Gasteiger charge is 2.27. The van der Waals surface area contributed by atoms with Gasteiger partial charge in [-0.3, -0.25) is 9.59 Å². The summed E-state index contributed by atoms with van der Waals surface area (Å²) >= 11 is 1.61. The summed E-state index contributed by atoms with van der Waals surface area (Å²) < 4.78 is 11.1. The summed E-state index contributed by atoms with van der Waals surface area (Å²) in [6, 6.07) is 3.90. The Kier molecular flexibility index (Phi) is 6.10. The Balaban J connectivity index is 1.98. The van der Waals surface area contributed by atoms with Crippen molar-refractivity contribution in [2.75, 3.05) is 14.2 Å². The number of aromatic nitrogens is 2. The fourth-order valence-corrected chi connectivity index (χ4v) is 2.97. The fourth-order valence-electron chi connectivity index (χ4n) is 2.09. The van der Waals surface area contributed by atoms with Crippen LogP contribution in [0.2, 0.25) is 0 Å². The standard InChI is InChI=1S/C16H18N2O4S/c1-21-15(19)13(16(20)22-2)7-4-3-6-12-8-11-23-14(12)18-10-5-9-17-18/h3-5,8-11,13H,6-7H2,1-2H3/b4-3-. The number of carbonyl (C=O) groups excluding carboxylic acids is 2. The third-order valence-electron chi connectivity index (χ3n) is 3.28. The minimum Gasteiger partial charge on any atom is -0.468 e. The third kappa shape index (κ3) is 4.29. The number of esters is 2. The largest absolute Gasteiger partial charge is 0.468 e. The minimum absolute atomic E-state index is 0.251. The first-order valence-corrected chi connectivity index (χ1v) is 7.92. The molecule has 0 amide bonds. The summed E-state index contributed by atoms with van der Waals surface area (Å²) in [4.78, 5) is 23.2. The van der Waals surface area contributed by atoms with E-state index >= 15 is 0 Å². The van der Waals surface area contributed by atoms with Crippen LogP contribution in [0.5, 0.6) is 0 Å². The van der Waals surface area contributed by atoms with Gasteiger partial charge in [-0.25, -0.2) is 4.68 Å². The van der Waals surface area contributed by atoms with Crippen molar-refractivity contribution in [3.63, 3.8) is 0 Å². The van der Waals surface area contributed by atoms with Crippen LogP contribution in [0.3, 0.4) is 0 Å². The number of rotatable bonds is 7. The number of hydrogen-bond acceptors (Lipinski definition) is 6. The maximum atomic E-state index is 11.6. The van der Waals surface area contributed by atoms with Gasteiger partial charge in [0.15, 0.2) is 5.92 Å². The predicted octanol–water partition coefficient (Wildman–Crippen LogP) is 2.38. The summed E-state index contributed by atoms with van der Waals surface area (Å²) in [5.41, 5.74) is 1.13. The number of thiophene rings is 1. The number of allylic oxidation sites excluding steroid dienone is 2. The molecule has 0 aromatic carbocycles. The molecule has 2 aromatic rings. The Morgan fingerprint density at radius 3 is 2.65 bits per heavy atom. The van der Waals surface area contributed by atoms with E-state index in [1.807, 2.05) is 34.5 Å². The Morgan fingerprint density at radius 1 is 1.30 bits per heavy atom. The molecule has 0 saturated carbocycles. The van der Waals surface area contributed by atoms with Crippen molar-refractivity contribution >= 4 is 23.3 Å². The van der Waals surface area contributed by atoms with Crippen molar-refractivity contribution in [3.8, 4) is 5.00 Å². The van der Waals surface area contributed by atoms with Crippen LogP contribution in [-0.4, -0.2) is 35.9 Å². The zero-order chi connectivity index (χ0) is 16.7. The van der Waals surface area contributed by atoms with E-state index in [1.54, 1.807) is 23.6 Å². The van der Waals surface area contributed by atoms with Gasteiger partial charge >= 0.3 is 11.9 Å². The molecule has 0 aliphatic carbocycles. The minimum atomic E-state index is -0.922. The van der Waals surface area contributed by atoms with E-state index in [1.165, 1.54) is 14.2 Å². The first kappa shape index (κ1) is 17.0. The molecule has 0 bridgehead atoms. The van der Waals surface area contributed by atoms with Crippen LogP contribution in [0.15, 0.2) is 42.1 Å². The molecule has 6 nitrogen and oxygen atoms in total. The summed E-state index contributed by atoms with van der Waals surface area (Å²) in [7, 11) is 2.51. The highest BCUT2D eigenvalue weighted by molar-refractivity contribution is 7.12. The second-order valence-corrected chi connectivity index (χ2v) is 5.61.